The van der Waals surface area contributed by atoms with E-state index in [-0.39, 0.29) is 5.78 Å². The number of aliphatic hydroxyl groups is 2. The Balaban J connectivity index is -0.0000000315. The molecule has 11 heavy (non-hydrogen) atoms. The number of nitriles is 1. The van der Waals surface area contributed by atoms with Crippen LogP contribution in [-0.2, 0) is 4.79 Å². The Bertz CT molecular complexity index is 82.2. The van der Waals surface area contributed by atoms with Crippen LogP contribution in [0.2, 0.25) is 0 Å². The van der Waals surface area contributed by atoms with E-state index in [2.05, 4.69) is 0 Å². The van der Waals surface area contributed by atoms with E-state index in [4.69, 9.17) is 15.5 Å². The molecular weight excluding hydrogens is 146 g/mol. The maximum absolute atomic E-state index is 9.44. The lowest BCUT2D eigenvalue weighted by Gasteiger charge is -1.56. The van der Waals surface area contributed by atoms with Gasteiger partial charge in [0.2, 0.25) is 0 Å². The third-order valence-corrected chi connectivity index (χ3v) is 0. The first-order chi connectivity index (χ1) is 5.15. The highest BCUT2D eigenvalue weighted by Crippen LogP contribution is 1.50. The molecule has 0 aliphatic heterocycles. The van der Waals surface area contributed by atoms with E-state index < -0.39 is 0 Å². The molecule has 0 aromatic carbocycles. The Morgan fingerprint density at radius 1 is 1.18 bits per heavy atom. The molecule has 0 bridgehead atoms. The van der Waals surface area contributed by atoms with Gasteiger partial charge < -0.3 is 15.0 Å². The molecule has 0 amide bonds. The van der Waals surface area contributed by atoms with Crippen molar-refractivity contribution in [3.8, 4) is 6.07 Å². The molecule has 0 saturated heterocycles. The molecule has 0 saturated carbocycles. The lowest BCUT2D eigenvalue weighted by molar-refractivity contribution is -0.114. The molecule has 0 aliphatic carbocycles. The summed E-state index contributed by atoms with van der Waals surface area (Å²) in [4.78, 5) is 9.44. The molecule has 0 aromatic heterocycles. The van der Waals surface area contributed by atoms with Crippen LogP contribution in [0, 0.1) is 11.3 Å². The Labute approximate surface area is 68.1 Å². The van der Waals surface area contributed by atoms with E-state index in [1.54, 1.807) is 6.07 Å². The SMILES string of the molecule is CC#N.CC(C)=O.CO.CO. The average molecular weight is 163 g/mol. The molecule has 0 heterocycles. The van der Waals surface area contributed by atoms with Crippen molar-refractivity contribution < 1.29 is 15.0 Å². The second-order valence-electron chi connectivity index (χ2n) is 1.13. The van der Waals surface area contributed by atoms with Crippen molar-refractivity contribution in [3.63, 3.8) is 0 Å². The zero-order valence-corrected chi connectivity index (χ0v) is 7.75. The molecule has 0 aliphatic rings. The molecule has 0 spiro atoms. The quantitative estimate of drug-likeness (QED) is 0.539. The standard InChI is InChI=1S/C3H6O.C2H3N.2CH4O/c1-3(2)4;1-2-3;2*1-2/h1-2H3;1H3;2*2H,1H3. The number of hydrogen-bond donors (Lipinski definition) is 2. The Kier molecular flexibility index (Phi) is 128. The number of carbonyl (C=O) groups excluding carboxylic acids is 1. The minimum atomic E-state index is 0.167. The van der Waals surface area contributed by atoms with Crippen LogP contribution < -0.4 is 0 Å². The normalized spacial score (nSPS) is 4.18. The van der Waals surface area contributed by atoms with E-state index in [0.29, 0.717) is 0 Å². The molecule has 0 atom stereocenters. The first-order valence-corrected chi connectivity index (χ1v) is 2.82. The first kappa shape index (κ1) is 22.5. The van der Waals surface area contributed by atoms with Gasteiger partial charge in [-0.3, -0.25) is 0 Å². The largest absolute Gasteiger partial charge is 0.400 e. The number of hydrogen-bond acceptors (Lipinski definition) is 4. The van der Waals surface area contributed by atoms with Gasteiger partial charge >= 0.3 is 0 Å². The topological polar surface area (TPSA) is 81.3 Å². The molecule has 0 rings (SSSR count). The van der Waals surface area contributed by atoms with Gasteiger partial charge in [-0.05, 0) is 13.8 Å². The van der Waals surface area contributed by atoms with Crippen LogP contribution in [0.1, 0.15) is 20.8 Å². The number of aliphatic hydroxyl groups excluding tert-OH is 2. The highest BCUT2D eigenvalue weighted by molar-refractivity contribution is 5.72. The van der Waals surface area contributed by atoms with Crippen LogP contribution in [0.3, 0.4) is 0 Å². The first-order valence-electron chi connectivity index (χ1n) is 2.82. The molecule has 2 N–H and O–H groups in total. The summed E-state index contributed by atoms with van der Waals surface area (Å²) in [6.45, 7) is 4.49. The second-order valence-corrected chi connectivity index (χ2v) is 1.13. The van der Waals surface area contributed by atoms with E-state index in [9.17, 15) is 4.79 Å². The van der Waals surface area contributed by atoms with Gasteiger partial charge in [-0.2, -0.15) is 5.26 Å². The molecule has 0 aromatic rings. The summed E-state index contributed by atoms with van der Waals surface area (Å²) >= 11 is 0. The number of carbonyl (C=O) groups is 1. The highest BCUT2D eigenvalue weighted by atomic mass is 16.2. The van der Waals surface area contributed by atoms with Crippen LogP contribution in [0.15, 0.2) is 0 Å². The summed E-state index contributed by atoms with van der Waals surface area (Å²) in [5, 5.41) is 21.3. The lowest BCUT2D eigenvalue weighted by Crippen LogP contribution is -1.69. The monoisotopic (exact) mass is 163 g/mol. The van der Waals surface area contributed by atoms with Gasteiger partial charge in [-0.1, -0.05) is 0 Å². The van der Waals surface area contributed by atoms with Crippen molar-refractivity contribution >= 4 is 5.78 Å². The van der Waals surface area contributed by atoms with E-state index in [0.717, 1.165) is 14.2 Å². The van der Waals surface area contributed by atoms with Crippen LogP contribution in [0.4, 0.5) is 0 Å². The summed E-state index contributed by atoms with van der Waals surface area (Å²) < 4.78 is 0. The summed E-state index contributed by atoms with van der Waals surface area (Å²) in [6, 6.07) is 1.75. The second kappa shape index (κ2) is 62.5. The zero-order chi connectivity index (χ0) is 10.3. The smallest absolute Gasteiger partial charge is 0.126 e. The van der Waals surface area contributed by atoms with Gasteiger partial charge in [0.05, 0.1) is 6.07 Å². The molecule has 0 radical (unpaired) electrons. The zero-order valence-electron chi connectivity index (χ0n) is 7.75. The highest BCUT2D eigenvalue weighted by Gasteiger charge is 1.62. The Morgan fingerprint density at radius 2 is 1.18 bits per heavy atom. The molecular formula is C7H17NO3. The molecule has 0 unspecified atom stereocenters. The van der Waals surface area contributed by atoms with E-state index in [1.807, 2.05) is 0 Å². The lowest BCUT2D eigenvalue weighted by atomic mass is 10.6. The fraction of sp³-hybridized carbons (Fsp3) is 0.714. The summed E-state index contributed by atoms with van der Waals surface area (Å²) in [6.07, 6.45) is 0. The van der Waals surface area contributed by atoms with Gasteiger partial charge in [0.15, 0.2) is 0 Å². The molecule has 0 fully saturated rings. The fourth-order valence-corrected chi connectivity index (χ4v) is 0. The van der Waals surface area contributed by atoms with E-state index >= 15 is 0 Å². The average Bonchev–Trinajstić information content (AvgIpc) is 1.96. The summed E-state index contributed by atoms with van der Waals surface area (Å²) in [5.41, 5.74) is 0. The molecule has 68 valence electrons. The van der Waals surface area contributed by atoms with Gasteiger partial charge in [0.1, 0.15) is 5.78 Å². The number of ketones is 1. The van der Waals surface area contributed by atoms with Crippen LogP contribution in [-0.4, -0.2) is 30.2 Å². The van der Waals surface area contributed by atoms with Crippen molar-refractivity contribution in [2.75, 3.05) is 14.2 Å². The third kappa shape index (κ3) is 538. The van der Waals surface area contributed by atoms with Gasteiger partial charge in [0.25, 0.3) is 0 Å². The summed E-state index contributed by atoms with van der Waals surface area (Å²) in [5.74, 6) is 0.167. The van der Waals surface area contributed by atoms with Crippen molar-refractivity contribution in [1.29, 1.82) is 5.26 Å². The molecule has 4 nitrogen and oxygen atoms in total. The fourth-order valence-electron chi connectivity index (χ4n) is 0. The van der Waals surface area contributed by atoms with Crippen LogP contribution in [0.25, 0.3) is 0 Å². The maximum atomic E-state index is 9.44. The number of rotatable bonds is 0. The maximum Gasteiger partial charge on any atom is 0.126 e. The van der Waals surface area contributed by atoms with Crippen molar-refractivity contribution in [1.82, 2.24) is 0 Å². The minimum Gasteiger partial charge on any atom is -0.400 e. The van der Waals surface area contributed by atoms with Crippen molar-refractivity contribution in [2.45, 2.75) is 20.8 Å². The predicted molar refractivity (Wildman–Crippen MR) is 43.9 cm³/mol. The van der Waals surface area contributed by atoms with Gasteiger partial charge in [-0.15, -0.1) is 0 Å². The minimum absolute atomic E-state index is 0.167. The molecule has 4 heteroatoms. The van der Waals surface area contributed by atoms with E-state index in [1.165, 1.54) is 20.8 Å². The number of Topliss-reactive ketones (excluding diaryl/α,β-unsaturated/α-hetero) is 1. The van der Waals surface area contributed by atoms with Gasteiger partial charge in [0, 0.05) is 21.1 Å². The third-order valence-electron chi connectivity index (χ3n) is 0. The Morgan fingerprint density at radius 3 is 1.18 bits per heavy atom. The number of nitrogens with zero attached hydrogens (tertiary/aromatic N) is 1. The van der Waals surface area contributed by atoms with Crippen LogP contribution >= 0.6 is 0 Å². The van der Waals surface area contributed by atoms with Gasteiger partial charge in [-0.25, -0.2) is 0 Å². The van der Waals surface area contributed by atoms with Crippen molar-refractivity contribution in [3.05, 3.63) is 0 Å². The Hall–Kier alpha value is -0.920. The predicted octanol–water partition coefficient (Wildman–Crippen LogP) is 0.342. The van der Waals surface area contributed by atoms with Crippen molar-refractivity contribution in [2.24, 2.45) is 0 Å². The summed E-state index contributed by atoms with van der Waals surface area (Å²) in [7, 11) is 2.00. The van der Waals surface area contributed by atoms with Crippen LogP contribution in [0.5, 0.6) is 0 Å².